The summed E-state index contributed by atoms with van der Waals surface area (Å²) in [5, 5.41) is 0.170. The van der Waals surface area contributed by atoms with Gasteiger partial charge >= 0.3 is 0 Å². The molecule has 1 aliphatic heterocycles. The van der Waals surface area contributed by atoms with Crippen LogP contribution < -0.4 is 5.73 Å². The Bertz CT molecular complexity index is 654. The van der Waals surface area contributed by atoms with Crippen LogP contribution >= 0.6 is 35.6 Å². The molecular weight excluding hydrogens is 385 g/mol. The molecule has 1 heterocycles. The monoisotopic (exact) mass is 401 g/mol. The second kappa shape index (κ2) is 8.00. The maximum atomic E-state index is 12.7. The van der Waals surface area contributed by atoms with Crippen LogP contribution in [0.4, 0.5) is 0 Å². The lowest BCUT2D eigenvalue weighted by Crippen LogP contribution is -2.53. The van der Waals surface area contributed by atoms with E-state index in [-0.39, 0.29) is 46.3 Å². The molecule has 1 saturated heterocycles. The van der Waals surface area contributed by atoms with Gasteiger partial charge in [-0.1, -0.05) is 29.3 Å². The molecule has 2 rings (SSSR count). The third-order valence-corrected chi connectivity index (χ3v) is 6.31. The second-order valence-electron chi connectivity index (χ2n) is 5.07. The minimum Gasteiger partial charge on any atom is -0.339 e. The summed E-state index contributed by atoms with van der Waals surface area (Å²) in [5.41, 5.74) is 5.56. The highest BCUT2D eigenvalue weighted by Crippen LogP contribution is 2.31. The second-order valence-corrected chi connectivity index (χ2v) is 7.76. The van der Waals surface area contributed by atoms with Gasteiger partial charge in [0.25, 0.3) is 0 Å². The van der Waals surface area contributed by atoms with Crippen molar-refractivity contribution < 1.29 is 13.2 Å². The molecule has 130 valence electrons. The first-order chi connectivity index (χ1) is 10.2. The van der Waals surface area contributed by atoms with Gasteiger partial charge in [-0.2, -0.15) is 4.31 Å². The van der Waals surface area contributed by atoms with Crippen LogP contribution in [0.3, 0.4) is 0 Å². The Labute approximate surface area is 152 Å². The van der Waals surface area contributed by atoms with Crippen LogP contribution in [0, 0.1) is 0 Å². The average molecular weight is 403 g/mol. The maximum absolute atomic E-state index is 12.7. The fourth-order valence-electron chi connectivity index (χ4n) is 2.29. The van der Waals surface area contributed by atoms with E-state index in [1.807, 2.05) is 0 Å². The van der Waals surface area contributed by atoms with E-state index >= 15 is 0 Å². The van der Waals surface area contributed by atoms with Gasteiger partial charge in [-0.3, -0.25) is 4.79 Å². The molecule has 0 unspecified atom stereocenters. The Balaban J connectivity index is 0.00000264. The summed E-state index contributed by atoms with van der Waals surface area (Å²) in [5.74, 6) is -0.187. The van der Waals surface area contributed by atoms with Crippen LogP contribution in [-0.4, -0.2) is 55.8 Å². The van der Waals surface area contributed by atoms with Crippen LogP contribution in [0.15, 0.2) is 23.1 Å². The van der Waals surface area contributed by atoms with Crippen LogP contribution in [0.5, 0.6) is 0 Å². The standard InChI is InChI=1S/C13H17Cl2N3O3S.ClH/c1-9(16)13(19)17-5-7-18(8-6-17)22(20,21)12-10(14)3-2-4-11(12)15;/h2-4,9H,5-8,16H2,1H3;1H/t9-;/m1./s1. The van der Waals surface area contributed by atoms with Gasteiger partial charge in [0, 0.05) is 26.2 Å². The van der Waals surface area contributed by atoms with Crippen LogP contribution in [-0.2, 0) is 14.8 Å². The molecule has 0 radical (unpaired) electrons. The number of nitrogens with two attached hydrogens (primary N) is 1. The summed E-state index contributed by atoms with van der Waals surface area (Å²) in [6, 6.07) is 3.95. The molecule has 6 nitrogen and oxygen atoms in total. The highest BCUT2D eigenvalue weighted by atomic mass is 35.5. The molecular formula is C13H18Cl3N3O3S. The van der Waals surface area contributed by atoms with Crippen LogP contribution in [0.25, 0.3) is 0 Å². The number of rotatable bonds is 3. The molecule has 0 bridgehead atoms. The molecule has 0 aromatic heterocycles. The summed E-state index contributed by atoms with van der Waals surface area (Å²) in [7, 11) is -3.79. The molecule has 0 aliphatic carbocycles. The zero-order valence-corrected chi connectivity index (χ0v) is 15.6. The number of piperazine rings is 1. The van der Waals surface area contributed by atoms with E-state index in [1.54, 1.807) is 17.9 Å². The Morgan fingerprint density at radius 3 is 2.09 bits per heavy atom. The van der Waals surface area contributed by atoms with Crippen molar-refractivity contribution in [3.63, 3.8) is 0 Å². The van der Waals surface area contributed by atoms with Gasteiger partial charge in [0.15, 0.2) is 0 Å². The van der Waals surface area contributed by atoms with Crippen molar-refractivity contribution in [2.75, 3.05) is 26.2 Å². The van der Waals surface area contributed by atoms with Gasteiger partial charge in [0.05, 0.1) is 16.1 Å². The molecule has 23 heavy (non-hydrogen) atoms. The summed E-state index contributed by atoms with van der Waals surface area (Å²) in [6.07, 6.45) is 0. The lowest BCUT2D eigenvalue weighted by Gasteiger charge is -2.35. The number of amides is 1. The summed E-state index contributed by atoms with van der Waals surface area (Å²) in [4.78, 5) is 13.3. The van der Waals surface area contributed by atoms with E-state index in [1.165, 1.54) is 16.4 Å². The first kappa shape index (κ1) is 20.5. The van der Waals surface area contributed by atoms with E-state index in [4.69, 9.17) is 28.9 Å². The predicted octanol–water partition coefficient (Wildman–Crippen LogP) is 1.60. The lowest BCUT2D eigenvalue weighted by atomic mass is 10.2. The van der Waals surface area contributed by atoms with Crippen molar-refractivity contribution in [2.24, 2.45) is 5.73 Å². The zero-order chi connectivity index (χ0) is 16.5. The van der Waals surface area contributed by atoms with E-state index in [0.29, 0.717) is 13.1 Å². The van der Waals surface area contributed by atoms with Gasteiger partial charge in [-0.05, 0) is 19.1 Å². The van der Waals surface area contributed by atoms with Gasteiger partial charge in [-0.25, -0.2) is 8.42 Å². The number of halogens is 3. The van der Waals surface area contributed by atoms with Crippen molar-refractivity contribution in [1.29, 1.82) is 0 Å². The molecule has 1 aliphatic rings. The first-order valence-electron chi connectivity index (χ1n) is 6.73. The Hall–Kier alpha value is -0.570. The quantitative estimate of drug-likeness (QED) is 0.832. The van der Waals surface area contributed by atoms with Crippen molar-refractivity contribution in [3.8, 4) is 0 Å². The molecule has 10 heteroatoms. The molecule has 1 amide bonds. The Morgan fingerprint density at radius 1 is 1.17 bits per heavy atom. The lowest BCUT2D eigenvalue weighted by molar-refractivity contribution is -0.133. The van der Waals surface area contributed by atoms with Crippen molar-refractivity contribution >= 4 is 51.5 Å². The molecule has 1 aromatic carbocycles. The van der Waals surface area contributed by atoms with E-state index < -0.39 is 16.1 Å². The highest BCUT2D eigenvalue weighted by molar-refractivity contribution is 7.89. The van der Waals surface area contributed by atoms with E-state index in [0.717, 1.165) is 0 Å². The number of benzene rings is 1. The maximum Gasteiger partial charge on any atom is 0.246 e. The van der Waals surface area contributed by atoms with Crippen molar-refractivity contribution in [1.82, 2.24) is 9.21 Å². The average Bonchev–Trinajstić information content (AvgIpc) is 2.46. The third kappa shape index (κ3) is 4.29. The molecule has 0 spiro atoms. The van der Waals surface area contributed by atoms with E-state index in [2.05, 4.69) is 0 Å². The topological polar surface area (TPSA) is 83.7 Å². The van der Waals surface area contributed by atoms with Gasteiger partial charge in [-0.15, -0.1) is 12.4 Å². The SMILES string of the molecule is C[C@@H](N)C(=O)N1CCN(S(=O)(=O)c2c(Cl)cccc2Cl)CC1.Cl. The van der Waals surface area contributed by atoms with Crippen LogP contribution in [0.1, 0.15) is 6.92 Å². The largest absolute Gasteiger partial charge is 0.339 e. The smallest absolute Gasteiger partial charge is 0.246 e. The normalized spacial score (nSPS) is 17.5. The number of hydrogen-bond donors (Lipinski definition) is 1. The molecule has 1 atom stereocenters. The number of sulfonamides is 1. The molecule has 2 N–H and O–H groups in total. The Morgan fingerprint density at radius 2 is 1.65 bits per heavy atom. The third-order valence-electron chi connectivity index (χ3n) is 3.46. The Kier molecular flexibility index (Phi) is 7.12. The summed E-state index contributed by atoms with van der Waals surface area (Å²) in [6.45, 7) is 2.56. The minimum absolute atomic E-state index is 0. The summed E-state index contributed by atoms with van der Waals surface area (Å²) < 4.78 is 26.6. The minimum atomic E-state index is -3.79. The highest BCUT2D eigenvalue weighted by Gasteiger charge is 2.33. The first-order valence-corrected chi connectivity index (χ1v) is 8.93. The zero-order valence-electron chi connectivity index (χ0n) is 12.4. The van der Waals surface area contributed by atoms with E-state index in [9.17, 15) is 13.2 Å². The summed E-state index contributed by atoms with van der Waals surface area (Å²) >= 11 is 12.0. The number of carbonyl (C=O) groups is 1. The predicted molar refractivity (Wildman–Crippen MR) is 92.7 cm³/mol. The van der Waals surface area contributed by atoms with Gasteiger partial charge in [0.2, 0.25) is 15.9 Å². The van der Waals surface area contributed by atoms with Crippen LogP contribution in [0.2, 0.25) is 10.0 Å². The van der Waals surface area contributed by atoms with Crippen molar-refractivity contribution in [3.05, 3.63) is 28.2 Å². The number of nitrogens with zero attached hydrogens (tertiary/aromatic N) is 2. The molecule has 0 saturated carbocycles. The van der Waals surface area contributed by atoms with Gasteiger partial charge in [0.1, 0.15) is 4.90 Å². The fraction of sp³-hybridized carbons (Fsp3) is 0.462. The molecule has 1 aromatic rings. The number of hydrogen-bond acceptors (Lipinski definition) is 4. The van der Waals surface area contributed by atoms with Gasteiger partial charge < -0.3 is 10.6 Å². The fourth-order valence-corrected chi connectivity index (χ4v) is 4.81. The van der Waals surface area contributed by atoms with Crippen molar-refractivity contribution in [2.45, 2.75) is 17.9 Å². The number of carbonyl (C=O) groups excluding carboxylic acids is 1. The molecule has 1 fully saturated rings.